The van der Waals surface area contributed by atoms with Crippen molar-refractivity contribution in [2.24, 2.45) is 28.4 Å². The number of allylic oxidation sites excluding steroid dienone is 4. The lowest BCUT2D eigenvalue weighted by Gasteiger charge is -2.62. The van der Waals surface area contributed by atoms with Crippen LogP contribution in [0.25, 0.3) is 10.8 Å². The van der Waals surface area contributed by atoms with E-state index in [0.717, 1.165) is 21.9 Å². The van der Waals surface area contributed by atoms with E-state index in [9.17, 15) is 34.2 Å². The molecule has 3 aromatic carbocycles. The van der Waals surface area contributed by atoms with Gasteiger partial charge in [0, 0.05) is 29.7 Å². The van der Waals surface area contributed by atoms with E-state index in [1.807, 2.05) is 42.5 Å². The number of aliphatic hydroxyl groups excluding tert-OH is 1. The summed E-state index contributed by atoms with van der Waals surface area (Å²) in [6, 6.07) is 21.0. The molecule has 4 N–H and O–H groups in total. The van der Waals surface area contributed by atoms with Gasteiger partial charge in [-0.1, -0.05) is 85.3 Å². The summed E-state index contributed by atoms with van der Waals surface area (Å²) in [5, 5.41) is 25.5. The van der Waals surface area contributed by atoms with E-state index in [-0.39, 0.29) is 56.8 Å². The van der Waals surface area contributed by atoms with Crippen molar-refractivity contribution in [1.82, 2.24) is 0 Å². The van der Waals surface area contributed by atoms with Crippen LogP contribution in [0.1, 0.15) is 81.4 Å². The minimum Gasteiger partial charge on any atom is -0.461 e. The first-order valence-corrected chi connectivity index (χ1v) is 19.8. The number of Topliss-reactive ketones (excluding diaryl/α,β-unsaturated/α-hetero) is 2. The number of rotatable bonds is 13. The summed E-state index contributed by atoms with van der Waals surface area (Å²) in [5.41, 5.74) is 2.59. The zero-order valence-corrected chi connectivity index (χ0v) is 32.4. The molecule has 7 rings (SSSR count). The topological polar surface area (TPSA) is 170 Å². The molecule has 0 bridgehead atoms. The Kier molecular flexibility index (Phi) is 11.0. The second-order valence-corrected chi connectivity index (χ2v) is 16.8. The lowest BCUT2D eigenvalue weighted by Crippen LogP contribution is -2.69. The number of esters is 2. The van der Waals surface area contributed by atoms with E-state index in [1.54, 1.807) is 44.2 Å². The summed E-state index contributed by atoms with van der Waals surface area (Å²) in [4.78, 5) is 64.0. The number of halogens is 1. The number of aliphatic hydroxyl groups is 2. The first kappa shape index (κ1) is 40.4. The predicted octanol–water partition coefficient (Wildman–Crippen LogP) is 5.73. The van der Waals surface area contributed by atoms with Gasteiger partial charge in [-0.25, -0.2) is 4.39 Å². The summed E-state index contributed by atoms with van der Waals surface area (Å²) in [6.07, 6.45) is 3.45. The fraction of sp³-hybridized carbons (Fsp3) is 0.457. The van der Waals surface area contributed by atoms with Crippen LogP contribution in [-0.2, 0) is 46.5 Å². The lowest BCUT2D eigenvalue weighted by atomic mass is 9.44. The summed E-state index contributed by atoms with van der Waals surface area (Å²) in [7, 11) is 0. The minimum absolute atomic E-state index is 0.000368. The number of benzene rings is 3. The molecule has 0 spiro atoms. The van der Waals surface area contributed by atoms with Gasteiger partial charge < -0.3 is 25.4 Å². The van der Waals surface area contributed by atoms with Gasteiger partial charge in [0.25, 0.3) is 0 Å². The van der Waals surface area contributed by atoms with Crippen LogP contribution < -0.4 is 5.73 Å². The SMILES string of the molecule is C[C@]12C=CC(=O)C=C1CC[C@H]1[C@@H]3CC[C@](O)(C(=O)COC(=O)CCC(=O)OCc4ccc([C@@H](CN)C(=O)Cc5ccc6ccccc6c5)cc4)[C@@]3(C)C[C@H](O)[C@@]12F. The molecule has 0 radical (unpaired) electrons. The Bertz CT molecular complexity index is 2160. The van der Waals surface area contributed by atoms with Gasteiger partial charge in [-0.05, 0) is 84.6 Å². The molecule has 3 saturated carbocycles. The van der Waals surface area contributed by atoms with Crippen LogP contribution in [0.2, 0.25) is 0 Å². The van der Waals surface area contributed by atoms with Crippen molar-refractivity contribution >= 4 is 40.1 Å². The number of nitrogens with two attached hydrogens (primary N) is 1. The molecule has 4 aliphatic carbocycles. The molecule has 10 nitrogen and oxygen atoms in total. The van der Waals surface area contributed by atoms with Crippen molar-refractivity contribution in [2.75, 3.05) is 13.2 Å². The average Bonchev–Trinajstić information content (AvgIpc) is 3.46. The molecule has 57 heavy (non-hydrogen) atoms. The minimum atomic E-state index is -2.09. The predicted molar refractivity (Wildman–Crippen MR) is 209 cm³/mol. The van der Waals surface area contributed by atoms with Crippen molar-refractivity contribution in [1.29, 1.82) is 0 Å². The third kappa shape index (κ3) is 7.08. The van der Waals surface area contributed by atoms with E-state index < -0.39 is 70.3 Å². The second kappa shape index (κ2) is 15.5. The van der Waals surface area contributed by atoms with E-state index >= 15 is 4.39 Å². The van der Waals surface area contributed by atoms with Crippen LogP contribution in [0.5, 0.6) is 0 Å². The van der Waals surface area contributed by atoms with Gasteiger partial charge in [-0.15, -0.1) is 0 Å². The van der Waals surface area contributed by atoms with Crippen LogP contribution in [0, 0.1) is 22.7 Å². The largest absolute Gasteiger partial charge is 0.461 e. The first-order valence-electron chi connectivity index (χ1n) is 19.8. The monoisotopic (exact) mass is 779 g/mol. The molecule has 0 amide bonds. The van der Waals surface area contributed by atoms with Gasteiger partial charge in [0.2, 0.25) is 5.78 Å². The summed E-state index contributed by atoms with van der Waals surface area (Å²) < 4.78 is 27.9. The fourth-order valence-electron chi connectivity index (χ4n) is 10.4. The van der Waals surface area contributed by atoms with E-state index in [0.29, 0.717) is 30.4 Å². The van der Waals surface area contributed by atoms with Crippen molar-refractivity contribution in [3.8, 4) is 0 Å². The van der Waals surface area contributed by atoms with Crippen molar-refractivity contribution in [3.05, 3.63) is 107 Å². The van der Waals surface area contributed by atoms with Gasteiger partial charge in [0.15, 0.2) is 18.1 Å². The molecule has 0 heterocycles. The number of fused-ring (bicyclic) bond motifs is 6. The Balaban J connectivity index is 0.875. The fourth-order valence-corrected chi connectivity index (χ4v) is 10.4. The van der Waals surface area contributed by atoms with Crippen LogP contribution in [0.4, 0.5) is 4.39 Å². The maximum atomic E-state index is 17.3. The lowest BCUT2D eigenvalue weighted by molar-refractivity contribution is -0.217. The molecule has 0 saturated heterocycles. The Morgan fingerprint density at radius 2 is 1.60 bits per heavy atom. The molecule has 11 heteroatoms. The maximum Gasteiger partial charge on any atom is 0.306 e. The highest BCUT2D eigenvalue weighted by atomic mass is 19.1. The zero-order valence-electron chi connectivity index (χ0n) is 32.4. The normalized spacial score (nSPS) is 30.7. The van der Waals surface area contributed by atoms with Crippen molar-refractivity contribution in [2.45, 2.75) is 95.1 Å². The van der Waals surface area contributed by atoms with Crippen LogP contribution in [0.15, 0.2) is 90.5 Å². The highest BCUT2D eigenvalue weighted by Crippen LogP contribution is 2.69. The maximum absolute atomic E-state index is 17.3. The second-order valence-electron chi connectivity index (χ2n) is 16.8. The van der Waals surface area contributed by atoms with Gasteiger partial charge in [-0.2, -0.15) is 0 Å². The standard InChI is InChI=1S/C46H50FNO9/c1-43-19-17-34(49)23-33(43)13-14-37-36-18-20-45(55,44(36,2)24-39(51)46(37,43)47)40(52)27-57-42(54)16-15-41(53)56-26-28-7-11-31(12-8-28)35(25-48)38(50)22-29-9-10-30-5-3-4-6-32(30)21-29/h3-12,17,19,21,23,35-37,39,51,55H,13-16,18,20,22,24-27,48H2,1-2H3/t35-,36+,37+,39+,43+,44+,45+,46+/m1/s1. The van der Waals surface area contributed by atoms with Crippen molar-refractivity contribution in [3.63, 3.8) is 0 Å². The molecule has 4 aliphatic rings. The van der Waals surface area contributed by atoms with Crippen molar-refractivity contribution < 1.29 is 48.0 Å². The van der Waals surface area contributed by atoms with Crippen LogP contribution in [-0.4, -0.2) is 70.0 Å². The third-order valence-corrected chi connectivity index (χ3v) is 13.8. The molecule has 3 aromatic rings. The number of alkyl halides is 1. The molecule has 0 aliphatic heterocycles. The van der Waals surface area contributed by atoms with Gasteiger partial charge >= 0.3 is 11.9 Å². The average molecular weight is 780 g/mol. The number of hydrogen-bond donors (Lipinski definition) is 3. The van der Waals surface area contributed by atoms with E-state index in [1.165, 1.54) is 12.2 Å². The summed E-state index contributed by atoms with van der Waals surface area (Å²) in [6.45, 7) is 2.76. The smallest absolute Gasteiger partial charge is 0.306 e. The number of carbonyl (C=O) groups is 5. The Morgan fingerprint density at radius 3 is 2.32 bits per heavy atom. The third-order valence-electron chi connectivity index (χ3n) is 13.8. The highest BCUT2D eigenvalue weighted by Gasteiger charge is 2.74. The molecule has 0 aromatic heterocycles. The number of ketones is 3. The van der Waals surface area contributed by atoms with Gasteiger partial charge in [0.05, 0.1) is 24.9 Å². The Labute approximate surface area is 331 Å². The van der Waals surface area contributed by atoms with Gasteiger partial charge in [0.1, 0.15) is 18.0 Å². The summed E-state index contributed by atoms with van der Waals surface area (Å²) in [5.74, 6) is -4.02. The van der Waals surface area contributed by atoms with E-state index in [4.69, 9.17) is 15.2 Å². The summed E-state index contributed by atoms with van der Waals surface area (Å²) >= 11 is 0. The quantitative estimate of drug-likeness (QED) is 0.182. The zero-order chi connectivity index (χ0) is 40.8. The molecule has 8 atom stereocenters. The molecular formula is C46H50FNO9. The highest BCUT2D eigenvalue weighted by molar-refractivity contribution is 6.01. The van der Waals surface area contributed by atoms with Crippen LogP contribution in [0.3, 0.4) is 0 Å². The van der Waals surface area contributed by atoms with Crippen LogP contribution >= 0.6 is 0 Å². The van der Waals surface area contributed by atoms with E-state index in [2.05, 4.69) is 0 Å². The number of hydrogen-bond acceptors (Lipinski definition) is 10. The molecular weight excluding hydrogens is 730 g/mol. The first-order chi connectivity index (χ1) is 27.1. The molecule has 0 unspecified atom stereocenters. The number of carbonyl (C=O) groups excluding carboxylic acids is 5. The molecule has 300 valence electrons. The number of ether oxygens (including phenoxy) is 2. The van der Waals surface area contributed by atoms with Gasteiger partial charge in [-0.3, -0.25) is 24.0 Å². The molecule has 3 fully saturated rings. The Hall–Kier alpha value is -4.84. The Morgan fingerprint density at radius 1 is 0.912 bits per heavy atom.